The Labute approximate surface area is 96.7 Å². The number of amides is 1. The van der Waals surface area contributed by atoms with Crippen molar-refractivity contribution in [2.24, 2.45) is 5.73 Å². The van der Waals surface area contributed by atoms with Crippen LogP contribution in [0.15, 0.2) is 0 Å². The largest absolute Gasteiger partial charge is 0.467 e. The molecule has 0 radical (unpaired) electrons. The highest BCUT2D eigenvalue weighted by Crippen LogP contribution is 2.14. The fourth-order valence-corrected chi connectivity index (χ4v) is 1.29. The number of esters is 1. The fraction of sp³-hybridized carbons (Fsp3) is 0.818. The van der Waals surface area contributed by atoms with Crippen molar-refractivity contribution in [1.29, 1.82) is 0 Å². The van der Waals surface area contributed by atoms with Gasteiger partial charge in [-0.2, -0.15) is 0 Å². The third-order valence-electron chi connectivity index (χ3n) is 2.84. The summed E-state index contributed by atoms with van der Waals surface area (Å²) in [5, 5.41) is 2.61. The average Bonchev–Trinajstić information content (AvgIpc) is 2.25. The van der Waals surface area contributed by atoms with E-state index in [1.54, 1.807) is 13.8 Å². The van der Waals surface area contributed by atoms with Gasteiger partial charge in [-0.3, -0.25) is 4.79 Å². The summed E-state index contributed by atoms with van der Waals surface area (Å²) in [7, 11) is 1.28. The standard InChI is InChI=1S/C11H22N2O3/c1-6-11(12,7-2)8(14)13-10(3,4)9(15)16-5/h6-7,12H2,1-5H3,(H,13,14). The molecule has 0 aliphatic carbocycles. The minimum absolute atomic E-state index is 0.326. The van der Waals surface area contributed by atoms with Gasteiger partial charge in [0.25, 0.3) is 0 Å². The maximum atomic E-state index is 11.9. The van der Waals surface area contributed by atoms with Crippen LogP contribution in [-0.2, 0) is 14.3 Å². The highest BCUT2D eigenvalue weighted by atomic mass is 16.5. The molecule has 1 amide bonds. The first-order chi connectivity index (χ1) is 7.23. The molecule has 0 aliphatic rings. The second kappa shape index (κ2) is 5.30. The Morgan fingerprint density at radius 3 is 2.00 bits per heavy atom. The lowest BCUT2D eigenvalue weighted by Crippen LogP contribution is -2.60. The van der Waals surface area contributed by atoms with Crippen LogP contribution < -0.4 is 11.1 Å². The topological polar surface area (TPSA) is 81.4 Å². The van der Waals surface area contributed by atoms with E-state index in [0.29, 0.717) is 12.8 Å². The van der Waals surface area contributed by atoms with Crippen molar-refractivity contribution in [2.75, 3.05) is 7.11 Å². The van der Waals surface area contributed by atoms with Crippen molar-refractivity contribution in [1.82, 2.24) is 5.32 Å². The molecule has 0 aromatic carbocycles. The van der Waals surface area contributed by atoms with E-state index in [9.17, 15) is 9.59 Å². The molecule has 0 spiro atoms. The summed E-state index contributed by atoms with van der Waals surface area (Å²) in [6, 6.07) is 0. The number of rotatable bonds is 5. The van der Waals surface area contributed by atoms with E-state index in [1.165, 1.54) is 7.11 Å². The predicted octanol–water partition coefficient (Wildman–Crippen LogP) is 0.572. The Hall–Kier alpha value is -1.10. The number of carbonyl (C=O) groups is 2. The van der Waals surface area contributed by atoms with Crippen molar-refractivity contribution in [3.63, 3.8) is 0 Å². The van der Waals surface area contributed by atoms with Crippen LogP contribution in [-0.4, -0.2) is 30.1 Å². The summed E-state index contributed by atoms with van der Waals surface area (Å²) in [6.07, 6.45) is 1.04. The summed E-state index contributed by atoms with van der Waals surface area (Å²) in [5.74, 6) is -0.816. The molecule has 0 aromatic rings. The number of nitrogens with one attached hydrogen (secondary N) is 1. The number of carbonyl (C=O) groups excluding carboxylic acids is 2. The molecule has 0 aliphatic heterocycles. The van der Waals surface area contributed by atoms with Gasteiger partial charge < -0.3 is 15.8 Å². The van der Waals surface area contributed by atoms with Crippen LogP contribution in [0, 0.1) is 0 Å². The van der Waals surface area contributed by atoms with Crippen LogP contribution in [0.3, 0.4) is 0 Å². The first-order valence-corrected chi connectivity index (χ1v) is 5.43. The Kier molecular flexibility index (Phi) is 4.93. The molecule has 5 nitrogen and oxygen atoms in total. The van der Waals surface area contributed by atoms with Crippen molar-refractivity contribution in [3.8, 4) is 0 Å². The molecule has 5 heteroatoms. The monoisotopic (exact) mass is 230 g/mol. The summed E-state index contributed by atoms with van der Waals surface area (Å²) in [5.41, 5.74) is 3.94. The van der Waals surface area contributed by atoms with Crippen LogP contribution in [0.25, 0.3) is 0 Å². The van der Waals surface area contributed by atoms with Crippen molar-refractivity contribution >= 4 is 11.9 Å². The maximum Gasteiger partial charge on any atom is 0.330 e. The van der Waals surface area contributed by atoms with E-state index < -0.39 is 17.0 Å². The molecule has 0 atom stereocenters. The molecule has 3 N–H and O–H groups in total. The molecule has 0 saturated carbocycles. The zero-order valence-electron chi connectivity index (χ0n) is 10.7. The summed E-state index contributed by atoms with van der Waals surface area (Å²) in [6.45, 7) is 6.85. The molecule has 0 saturated heterocycles. The molecule has 0 unspecified atom stereocenters. The minimum Gasteiger partial charge on any atom is -0.467 e. The van der Waals surface area contributed by atoms with E-state index >= 15 is 0 Å². The fourth-order valence-electron chi connectivity index (χ4n) is 1.29. The molecular weight excluding hydrogens is 208 g/mol. The first-order valence-electron chi connectivity index (χ1n) is 5.43. The second-order valence-electron chi connectivity index (χ2n) is 4.43. The average molecular weight is 230 g/mol. The second-order valence-corrected chi connectivity index (χ2v) is 4.43. The highest BCUT2D eigenvalue weighted by molar-refractivity contribution is 5.92. The summed E-state index contributed by atoms with van der Waals surface area (Å²) >= 11 is 0. The zero-order chi connectivity index (χ0) is 13.0. The van der Waals surface area contributed by atoms with Crippen LogP contribution >= 0.6 is 0 Å². The van der Waals surface area contributed by atoms with Gasteiger partial charge in [-0.1, -0.05) is 13.8 Å². The van der Waals surface area contributed by atoms with E-state index in [0.717, 1.165) is 0 Å². The van der Waals surface area contributed by atoms with Crippen molar-refractivity contribution in [2.45, 2.75) is 51.6 Å². The number of hydrogen-bond acceptors (Lipinski definition) is 4. The van der Waals surface area contributed by atoms with Crippen LogP contribution in [0.1, 0.15) is 40.5 Å². The van der Waals surface area contributed by atoms with Gasteiger partial charge in [0.1, 0.15) is 5.54 Å². The van der Waals surface area contributed by atoms with Crippen molar-refractivity contribution in [3.05, 3.63) is 0 Å². The highest BCUT2D eigenvalue weighted by Gasteiger charge is 2.37. The zero-order valence-corrected chi connectivity index (χ0v) is 10.7. The lowest BCUT2D eigenvalue weighted by atomic mass is 9.91. The minimum atomic E-state index is -1.05. The van der Waals surface area contributed by atoms with Crippen LogP contribution in [0.5, 0.6) is 0 Å². The molecular formula is C11H22N2O3. The smallest absolute Gasteiger partial charge is 0.330 e. The molecule has 0 aromatic heterocycles. The van der Waals surface area contributed by atoms with E-state index in [2.05, 4.69) is 10.1 Å². The van der Waals surface area contributed by atoms with Crippen LogP contribution in [0.2, 0.25) is 0 Å². The van der Waals surface area contributed by atoms with Gasteiger partial charge in [-0.25, -0.2) is 4.79 Å². The van der Waals surface area contributed by atoms with E-state index in [4.69, 9.17) is 5.73 Å². The number of methoxy groups -OCH3 is 1. The molecule has 94 valence electrons. The Morgan fingerprint density at radius 2 is 1.69 bits per heavy atom. The van der Waals surface area contributed by atoms with Gasteiger partial charge >= 0.3 is 5.97 Å². The number of nitrogens with two attached hydrogens (primary N) is 1. The van der Waals surface area contributed by atoms with Crippen molar-refractivity contribution < 1.29 is 14.3 Å². The van der Waals surface area contributed by atoms with Gasteiger partial charge in [0, 0.05) is 0 Å². The van der Waals surface area contributed by atoms with Gasteiger partial charge in [0.15, 0.2) is 0 Å². The van der Waals surface area contributed by atoms with Gasteiger partial charge in [0.05, 0.1) is 12.6 Å². The van der Waals surface area contributed by atoms with Gasteiger partial charge in [-0.05, 0) is 26.7 Å². The molecule has 16 heavy (non-hydrogen) atoms. The SMILES string of the molecule is CCC(N)(CC)C(=O)NC(C)(C)C(=O)OC. The lowest BCUT2D eigenvalue weighted by Gasteiger charge is -2.31. The molecule has 0 rings (SSSR count). The number of hydrogen-bond donors (Lipinski definition) is 2. The van der Waals surface area contributed by atoms with Gasteiger partial charge in [-0.15, -0.1) is 0 Å². The quantitative estimate of drug-likeness (QED) is 0.677. The predicted molar refractivity (Wildman–Crippen MR) is 61.7 cm³/mol. The Bertz CT molecular complexity index is 270. The third kappa shape index (κ3) is 3.20. The van der Waals surface area contributed by atoms with E-state index in [-0.39, 0.29) is 5.91 Å². The van der Waals surface area contributed by atoms with Gasteiger partial charge in [0.2, 0.25) is 5.91 Å². The summed E-state index contributed by atoms with van der Waals surface area (Å²) in [4.78, 5) is 23.3. The summed E-state index contributed by atoms with van der Waals surface area (Å²) < 4.78 is 4.60. The number of ether oxygens (including phenoxy) is 1. The van der Waals surface area contributed by atoms with E-state index in [1.807, 2.05) is 13.8 Å². The van der Waals surface area contributed by atoms with Crippen LogP contribution in [0.4, 0.5) is 0 Å². The lowest BCUT2D eigenvalue weighted by molar-refractivity contribution is -0.150. The third-order valence-corrected chi connectivity index (χ3v) is 2.84. The Balaban J connectivity index is 4.74. The molecule has 0 fully saturated rings. The molecule has 0 heterocycles. The molecule has 0 bridgehead atoms. The maximum absolute atomic E-state index is 11.9. The first kappa shape index (κ1) is 14.9. The Morgan fingerprint density at radius 1 is 1.25 bits per heavy atom. The normalized spacial score (nSPS) is 12.1.